The maximum atomic E-state index is 13.6. The summed E-state index contributed by atoms with van der Waals surface area (Å²) in [7, 11) is -3.81. The van der Waals surface area contributed by atoms with E-state index in [1.54, 1.807) is 55.5 Å². The largest absolute Gasteiger partial charge is 0.494 e. The molecule has 1 N–H and O–H groups in total. The van der Waals surface area contributed by atoms with Gasteiger partial charge in [0.25, 0.3) is 0 Å². The lowest BCUT2D eigenvalue weighted by Gasteiger charge is -2.33. The molecule has 0 heterocycles. The van der Waals surface area contributed by atoms with Gasteiger partial charge in [-0.05, 0) is 63.1 Å². The molecule has 0 spiro atoms. The molecule has 2 rings (SSSR count). The van der Waals surface area contributed by atoms with E-state index in [1.165, 1.54) is 4.90 Å². The van der Waals surface area contributed by atoms with Gasteiger partial charge in [-0.2, -0.15) is 0 Å². The average Bonchev–Trinajstić information content (AvgIpc) is 2.78. The van der Waals surface area contributed by atoms with Gasteiger partial charge in [0.1, 0.15) is 18.3 Å². The quantitative estimate of drug-likeness (QED) is 0.456. The molecule has 0 saturated carbocycles. The van der Waals surface area contributed by atoms with Crippen molar-refractivity contribution < 1.29 is 22.7 Å². The molecule has 0 saturated heterocycles. The molecule has 0 bridgehead atoms. The molecule has 0 aliphatic rings. The summed E-state index contributed by atoms with van der Waals surface area (Å²) in [6.45, 7) is 7.39. The molecular formula is C25H34ClN3O5S. The Morgan fingerprint density at radius 3 is 2.20 bits per heavy atom. The van der Waals surface area contributed by atoms with Crippen LogP contribution in [-0.2, 0) is 26.2 Å². The number of rotatable bonds is 12. The molecule has 0 unspecified atom stereocenters. The fraction of sp³-hybridized carbons (Fsp3) is 0.440. The first-order valence-corrected chi connectivity index (χ1v) is 13.7. The summed E-state index contributed by atoms with van der Waals surface area (Å²) in [5.41, 5.74) is 0.979. The summed E-state index contributed by atoms with van der Waals surface area (Å²) in [4.78, 5) is 28.0. The fourth-order valence-electron chi connectivity index (χ4n) is 3.60. The zero-order valence-electron chi connectivity index (χ0n) is 20.8. The highest BCUT2D eigenvalue weighted by Gasteiger charge is 2.32. The first-order chi connectivity index (χ1) is 16.5. The van der Waals surface area contributed by atoms with E-state index in [-0.39, 0.29) is 18.5 Å². The number of carbonyl (C=O) groups excluding carboxylic acids is 2. The van der Waals surface area contributed by atoms with Crippen molar-refractivity contribution in [3.05, 3.63) is 59.1 Å². The third-order valence-corrected chi connectivity index (χ3v) is 6.74. The van der Waals surface area contributed by atoms with E-state index in [2.05, 4.69) is 5.32 Å². The topological polar surface area (TPSA) is 96.0 Å². The smallest absolute Gasteiger partial charge is 0.244 e. The Morgan fingerprint density at radius 1 is 1.06 bits per heavy atom. The predicted molar refractivity (Wildman–Crippen MR) is 139 cm³/mol. The molecule has 10 heteroatoms. The SMILES string of the molecule is CCOc1ccc(N(CC(=O)N(Cc2ccccc2Cl)[C@@H](CC)C(=O)NC(C)C)S(C)(=O)=O)cc1. The number of nitrogens with zero attached hydrogens (tertiary/aromatic N) is 2. The standard InChI is InChI=1S/C25H34ClN3O5S/c1-6-23(25(31)27-18(3)4)28(16-19-10-8-9-11-22(19)26)24(30)17-29(35(5,32)33)20-12-14-21(15-13-20)34-7-2/h8-15,18,23H,6-7,16-17H2,1-5H3,(H,27,31)/t23-/m0/s1. The predicted octanol–water partition coefficient (Wildman–Crippen LogP) is 3.84. The highest BCUT2D eigenvalue weighted by Crippen LogP contribution is 2.24. The van der Waals surface area contributed by atoms with Crippen LogP contribution in [0.1, 0.15) is 39.7 Å². The minimum atomic E-state index is -3.81. The summed E-state index contributed by atoms with van der Waals surface area (Å²) in [5.74, 6) is -0.238. The summed E-state index contributed by atoms with van der Waals surface area (Å²) >= 11 is 6.34. The highest BCUT2D eigenvalue weighted by atomic mass is 35.5. The Morgan fingerprint density at radius 2 is 1.69 bits per heavy atom. The van der Waals surface area contributed by atoms with E-state index in [9.17, 15) is 18.0 Å². The molecule has 8 nitrogen and oxygen atoms in total. The zero-order valence-corrected chi connectivity index (χ0v) is 22.4. The number of hydrogen-bond acceptors (Lipinski definition) is 5. The van der Waals surface area contributed by atoms with Crippen molar-refractivity contribution in [3.8, 4) is 5.75 Å². The van der Waals surface area contributed by atoms with Gasteiger partial charge in [0, 0.05) is 17.6 Å². The van der Waals surface area contributed by atoms with Gasteiger partial charge in [-0.15, -0.1) is 0 Å². The molecule has 2 amide bonds. The van der Waals surface area contributed by atoms with Crippen LogP contribution in [-0.4, -0.2) is 56.6 Å². The molecule has 2 aromatic rings. The van der Waals surface area contributed by atoms with Gasteiger partial charge in [-0.3, -0.25) is 13.9 Å². The second-order valence-corrected chi connectivity index (χ2v) is 10.7. The first kappa shape index (κ1) is 28.5. The van der Waals surface area contributed by atoms with Crippen molar-refractivity contribution in [1.82, 2.24) is 10.2 Å². The van der Waals surface area contributed by atoms with Crippen LogP contribution in [0.3, 0.4) is 0 Å². The van der Waals surface area contributed by atoms with Crippen molar-refractivity contribution in [2.45, 2.75) is 52.7 Å². The lowest BCUT2D eigenvalue weighted by atomic mass is 10.1. The average molecular weight is 524 g/mol. The Bertz CT molecular complexity index is 1110. The van der Waals surface area contributed by atoms with Crippen molar-refractivity contribution in [3.63, 3.8) is 0 Å². The van der Waals surface area contributed by atoms with Crippen LogP contribution in [0.4, 0.5) is 5.69 Å². The minimum Gasteiger partial charge on any atom is -0.494 e. The number of nitrogens with one attached hydrogen (secondary N) is 1. The van der Waals surface area contributed by atoms with Gasteiger partial charge in [-0.1, -0.05) is 36.7 Å². The van der Waals surface area contributed by atoms with E-state index < -0.39 is 28.5 Å². The van der Waals surface area contributed by atoms with E-state index in [1.807, 2.05) is 20.8 Å². The number of hydrogen-bond donors (Lipinski definition) is 1. The molecule has 0 radical (unpaired) electrons. The lowest BCUT2D eigenvalue weighted by molar-refractivity contribution is -0.140. The van der Waals surface area contributed by atoms with Crippen molar-refractivity contribution >= 4 is 39.1 Å². The number of sulfonamides is 1. The normalized spacial score (nSPS) is 12.2. The molecule has 192 valence electrons. The Labute approximate surface area is 213 Å². The van der Waals surface area contributed by atoms with E-state index in [4.69, 9.17) is 16.3 Å². The summed E-state index contributed by atoms with van der Waals surface area (Å²) in [6, 6.07) is 12.6. The zero-order chi connectivity index (χ0) is 26.2. The van der Waals surface area contributed by atoms with Crippen molar-refractivity contribution in [2.24, 2.45) is 0 Å². The Kier molecular flexibility index (Phi) is 10.4. The molecule has 1 atom stereocenters. The fourth-order valence-corrected chi connectivity index (χ4v) is 4.64. The number of anilines is 1. The highest BCUT2D eigenvalue weighted by molar-refractivity contribution is 7.92. The molecule has 0 fully saturated rings. The number of ether oxygens (including phenoxy) is 1. The van der Waals surface area contributed by atoms with Crippen LogP contribution >= 0.6 is 11.6 Å². The molecule has 2 aromatic carbocycles. The van der Waals surface area contributed by atoms with E-state index in [0.29, 0.717) is 35.1 Å². The van der Waals surface area contributed by atoms with Crippen LogP contribution < -0.4 is 14.4 Å². The number of benzene rings is 2. The summed E-state index contributed by atoms with van der Waals surface area (Å²) in [6.07, 6.45) is 1.38. The van der Waals surface area contributed by atoms with Crippen LogP contribution in [0.15, 0.2) is 48.5 Å². The minimum absolute atomic E-state index is 0.0589. The number of amides is 2. The van der Waals surface area contributed by atoms with Crippen molar-refractivity contribution in [1.29, 1.82) is 0 Å². The van der Waals surface area contributed by atoms with Gasteiger partial charge in [0.2, 0.25) is 21.8 Å². The van der Waals surface area contributed by atoms with Crippen LogP contribution in [0, 0.1) is 0 Å². The van der Waals surface area contributed by atoms with Gasteiger partial charge in [0.05, 0.1) is 18.6 Å². The second-order valence-electron chi connectivity index (χ2n) is 8.40. The summed E-state index contributed by atoms with van der Waals surface area (Å²) < 4.78 is 31.8. The van der Waals surface area contributed by atoms with Gasteiger partial charge >= 0.3 is 0 Å². The molecule has 35 heavy (non-hydrogen) atoms. The lowest BCUT2D eigenvalue weighted by Crippen LogP contribution is -2.53. The third-order valence-electron chi connectivity index (χ3n) is 5.23. The molecular weight excluding hydrogens is 490 g/mol. The first-order valence-electron chi connectivity index (χ1n) is 11.5. The third kappa shape index (κ3) is 8.14. The number of halogens is 1. The van der Waals surface area contributed by atoms with Crippen molar-refractivity contribution in [2.75, 3.05) is 23.7 Å². The molecule has 0 aromatic heterocycles. The van der Waals surface area contributed by atoms with E-state index in [0.717, 1.165) is 10.6 Å². The Hall–Kier alpha value is -2.78. The molecule has 0 aliphatic heterocycles. The summed E-state index contributed by atoms with van der Waals surface area (Å²) in [5, 5.41) is 3.31. The maximum Gasteiger partial charge on any atom is 0.244 e. The number of carbonyl (C=O) groups is 2. The van der Waals surface area contributed by atoms with Crippen LogP contribution in [0.25, 0.3) is 0 Å². The van der Waals surface area contributed by atoms with E-state index >= 15 is 0 Å². The second kappa shape index (κ2) is 12.8. The van der Waals surface area contributed by atoms with Gasteiger partial charge in [-0.25, -0.2) is 8.42 Å². The van der Waals surface area contributed by atoms with Gasteiger partial charge in [0.15, 0.2) is 0 Å². The maximum absolute atomic E-state index is 13.6. The Balaban J connectivity index is 2.43. The van der Waals surface area contributed by atoms with Crippen LogP contribution in [0.5, 0.6) is 5.75 Å². The van der Waals surface area contributed by atoms with Gasteiger partial charge < -0.3 is 15.0 Å². The monoisotopic (exact) mass is 523 g/mol. The molecule has 0 aliphatic carbocycles. The van der Waals surface area contributed by atoms with Crippen LogP contribution in [0.2, 0.25) is 5.02 Å².